The maximum Gasteiger partial charge on any atom is 0.263 e. The number of ether oxygens (including phenoxy) is 1. The van der Waals surface area contributed by atoms with Gasteiger partial charge in [0.15, 0.2) is 17.4 Å². The Hall–Kier alpha value is -3.01. The van der Waals surface area contributed by atoms with E-state index in [0.717, 1.165) is 6.07 Å². The number of hydrogen-bond acceptors (Lipinski definition) is 6. The zero-order valence-corrected chi connectivity index (χ0v) is 13.9. The van der Waals surface area contributed by atoms with Gasteiger partial charge in [0.25, 0.3) is 10.0 Å². The second-order valence-corrected chi connectivity index (χ2v) is 6.53. The van der Waals surface area contributed by atoms with Crippen LogP contribution in [0.2, 0.25) is 0 Å². The highest BCUT2D eigenvalue weighted by Crippen LogP contribution is 2.22. The molecule has 3 rings (SSSR count). The Kier molecular flexibility index (Phi) is 4.61. The van der Waals surface area contributed by atoms with Crippen LogP contribution in [-0.2, 0) is 10.0 Å². The molecule has 1 N–H and O–H groups in total. The van der Waals surface area contributed by atoms with Crippen molar-refractivity contribution in [1.29, 1.82) is 0 Å². The number of nitrogens with one attached hydrogen (secondary N) is 1. The van der Waals surface area contributed by atoms with Crippen LogP contribution in [0.25, 0.3) is 5.82 Å². The summed E-state index contributed by atoms with van der Waals surface area (Å²) in [7, 11) is -4.02. The number of anilines is 1. The molecule has 1 aromatic carbocycles. The van der Waals surface area contributed by atoms with Crippen molar-refractivity contribution in [3.8, 4) is 11.6 Å². The lowest BCUT2D eigenvalue weighted by molar-refractivity contribution is 0.321. The molecule has 0 radical (unpaired) electrons. The predicted molar refractivity (Wildman–Crippen MR) is 87.5 cm³/mol. The van der Waals surface area contributed by atoms with E-state index < -0.39 is 15.8 Å². The fourth-order valence-electron chi connectivity index (χ4n) is 2.05. The molecule has 0 amide bonds. The standard InChI is InChI=1S/C15H14FN5O3S/c1-2-24-13-5-4-11(8-12(13)16)25(22,23)20-14-9-15(18-10-17-14)21-7-3-6-19-21/h3-10H,2H2,1H3,(H,17,18,20). The third kappa shape index (κ3) is 3.74. The van der Waals surface area contributed by atoms with Gasteiger partial charge in [-0.1, -0.05) is 0 Å². The highest BCUT2D eigenvalue weighted by Gasteiger charge is 2.18. The Morgan fingerprint density at radius 2 is 2.12 bits per heavy atom. The molecule has 0 bridgehead atoms. The number of aromatic nitrogens is 4. The van der Waals surface area contributed by atoms with E-state index in [0.29, 0.717) is 5.82 Å². The minimum Gasteiger partial charge on any atom is -0.491 e. The van der Waals surface area contributed by atoms with Crippen LogP contribution in [0.15, 0.2) is 53.9 Å². The van der Waals surface area contributed by atoms with E-state index >= 15 is 0 Å². The summed E-state index contributed by atoms with van der Waals surface area (Å²) in [6, 6.07) is 6.53. The van der Waals surface area contributed by atoms with Crippen LogP contribution in [0.1, 0.15) is 6.92 Å². The molecule has 0 spiro atoms. The smallest absolute Gasteiger partial charge is 0.263 e. The van der Waals surface area contributed by atoms with Crippen LogP contribution in [0.3, 0.4) is 0 Å². The third-order valence-electron chi connectivity index (χ3n) is 3.14. The van der Waals surface area contributed by atoms with Gasteiger partial charge in [0.2, 0.25) is 0 Å². The minimum atomic E-state index is -4.02. The summed E-state index contributed by atoms with van der Waals surface area (Å²) in [5.74, 6) is -0.348. The molecule has 8 nitrogen and oxygen atoms in total. The van der Waals surface area contributed by atoms with Crippen molar-refractivity contribution in [2.45, 2.75) is 11.8 Å². The number of rotatable bonds is 6. The molecule has 0 aliphatic heterocycles. The van der Waals surface area contributed by atoms with Crippen molar-refractivity contribution in [2.24, 2.45) is 0 Å². The van der Waals surface area contributed by atoms with Gasteiger partial charge in [0, 0.05) is 18.5 Å². The summed E-state index contributed by atoms with van der Waals surface area (Å²) in [5, 5.41) is 4.01. The van der Waals surface area contributed by atoms with E-state index in [-0.39, 0.29) is 23.1 Å². The van der Waals surface area contributed by atoms with Crippen molar-refractivity contribution >= 4 is 15.8 Å². The van der Waals surface area contributed by atoms with Gasteiger partial charge in [0.05, 0.1) is 11.5 Å². The normalized spacial score (nSPS) is 11.3. The molecule has 0 aliphatic rings. The largest absolute Gasteiger partial charge is 0.491 e. The summed E-state index contributed by atoms with van der Waals surface area (Å²) < 4.78 is 47.5. The van der Waals surface area contributed by atoms with Crippen LogP contribution in [-0.4, -0.2) is 34.8 Å². The van der Waals surface area contributed by atoms with E-state index in [2.05, 4.69) is 19.8 Å². The Morgan fingerprint density at radius 1 is 1.28 bits per heavy atom. The molecule has 25 heavy (non-hydrogen) atoms. The first-order valence-corrected chi connectivity index (χ1v) is 8.75. The zero-order valence-electron chi connectivity index (χ0n) is 13.1. The van der Waals surface area contributed by atoms with Gasteiger partial charge in [0.1, 0.15) is 12.1 Å². The van der Waals surface area contributed by atoms with Crippen LogP contribution in [0.5, 0.6) is 5.75 Å². The van der Waals surface area contributed by atoms with Gasteiger partial charge >= 0.3 is 0 Å². The maximum absolute atomic E-state index is 13.9. The molecular formula is C15H14FN5O3S. The average Bonchev–Trinajstić information content (AvgIpc) is 3.11. The quantitative estimate of drug-likeness (QED) is 0.719. The first-order chi connectivity index (χ1) is 12.0. The van der Waals surface area contributed by atoms with Gasteiger partial charge in [-0.25, -0.2) is 27.5 Å². The van der Waals surface area contributed by atoms with E-state index in [1.54, 1.807) is 25.4 Å². The van der Waals surface area contributed by atoms with Crippen molar-refractivity contribution in [3.05, 3.63) is 54.9 Å². The topological polar surface area (TPSA) is 99.0 Å². The lowest BCUT2D eigenvalue weighted by Crippen LogP contribution is -2.15. The Bertz CT molecular complexity index is 977. The molecule has 3 aromatic rings. The summed E-state index contributed by atoms with van der Waals surface area (Å²) >= 11 is 0. The summed E-state index contributed by atoms with van der Waals surface area (Å²) in [5.41, 5.74) is 0. The minimum absolute atomic E-state index is 0.00976. The van der Waals surface area contributed by atoms with Gasteiger partial charge < -0.3 is 4.74 Å². The summed E-state index contributed by atoms with van der Waals surface area (Å²) in [4.78, 5) is 7.63. The highest BCUT2D eigenvalue weighted by atomic mass is 32.2. The lowest BCUT2D eigenvalue weighted by Gasteiger charge is -2.10. The Labute approximate surface area is 143 Å². The average molecular weight is 363 g/mol. The van der Waals surface area contributed by atoms with Crippen LogP contribution in [0.4, 0.5) is 10.2 Å². The second kappa shape index (κ2) is 6.85. The molecule has 0 saturated heterocycles. The number of halogens is 1. The van der Waals surface area contributed by atoms with Crippen molar-refractivity contribution in [3.63, 3.8) is 0 Å². The summed E-state index contributed by atoms with van der Waals surface area (Å²) in [6.07, 6.45) is 4.42. The van der Waals surface area contributed by atoms with Gasteiger partial charge in [-0.15, -0.1) is 0 Å². The van der Waals surface area contributed by atoms with Crippen LogP contribution >= 0.6 is 0 Å². The fraction of sp³-hybridized carbons (Fsp3) is 0.133. The van der Waals surface area contributed by atoms with E-state index in [4.69, 9.17) is 4.74 Å². The molecule has 0 fully saturated rings. The predicted octanol–water partition coefficient (Wildman–Crippen LogP) is 2.00. The number of benzene rings is 1. The molecular weight excluding hydrogens is 349 g/mol. The molecule has 0 atom stereocenters. The lowest BCUT2D eigenvalue weighted by atomic mass is 10.3. The Morgan fingerprint density at radius 3 is 2.80 bits per heavy atom. The zero-order chi connectivity index (χ0) is 17.9. The van der Waals surface area contributed by atoms with Crippen molar-refractivity contribution < 1.29 is 17.5 Å². The molecule has 130 valence electrons. The van der Waals surface area contributed by atoms with Gasteiger partial charge in [-0.2, -0.15) is 5.10 Å². The Balaban J connectivity index is 1.87. The van der Waals surface area contributed by atoms with E-state index in [1.165, 1.54) is 29.2 Å². The monoisotopic (exact) mass is 363 g/mol. The van der Waals surface area contributed by atoms with Gasteiger partial charge in [-0.05, 0) is 31.2 Å². The first-order valence-electron chi connectivity index (χ1n) is 7.27. The van der Waals surface area contributed by atoms with Crippen molar-refractivity contribution in [2.75, 3.05) is 11.3 Å². The second-order valence-electron chi connectivity index (χ2n) is 4.84. The fourth-order valence-corrected chi connectivity index (χ4v) is 3.06. The maximum atomic E-state index is 13.9. The molecule has 10 heteroatoms. The SMILES string of the molecule is CCOc1ccc(S(=O)(=O)Nc2cc(-n3cccn3)ncn2)cc1F. The van der Waals surface area contributed by atoms with Crippen LogP contribution in [0, 0.1) is 5.82 Å². The number of nitrogens with zero attached hydrogens (tertiary/aromatic N) is 4. The molecule has 0 unspecified atom stereocenters. The van der Waals surface area contributed by atoms with Crippen molar-refractivity contribution in [1.82, 2.24) is 19.7 Å². The van der Waals surface area contributed by atoms with Crippen LogP contribution < -0.4 is 9.46 Å². The molecule has 0 saturated carbocycles. The summed E-state index contributed by atoms with van der Waals surface area (Å²) in [6.45, 7) is 1.98. The highest BCUT2D eigenvalue weighted by molar-refractivity contribution is 7.92. The van der Waals surface area contributed by atoms with E-state index in [1.807, 2.05) is 0 Å². The van der Waals surface area contributed by atoms with Gasteiger partial charge in [-0.3, -0.25) is 4.72 Å². The number of sulfonamides is 1. The third-order valence-corrected chi connectivity index (χ3v) is 4.50. The molecule has 2 heterocycles. The van der Waals surface area contributed by atoms with E-state index in [9.17, 15) is 12.8 Å². The first kappa shape index (κ1) is 16.8. The number of hydrogen-bond donors (Lipinski definition) is 1. The molecule has 2 aromatic heterocycles. The molecule has 0 aliphatic carbocycles.